The second-order valence-electron chi connectivity index (χ2n) is 5.40. The lowest BCUT2D eigenvalue weighted by molar-refractivity contribution is 1.21. The highest BCUT2D eigenvalue weighted by molar-refractivity contribution is 6.42. The maximum atomic E-state index is 6.51. The lowest BCUT2D eigenvalue weighted by Crippen LogP contribution is -1.94. The molecule has 2 aromatic heterocycles. The van der Waals surface area contributed by atoms with Gasteiger partial charge in [0.2, 0.25) is 0 Å². The molecule has 2 aromatic carbocycles. The maximum Gasteiger partial charge on any atom is 0.155 e. The highest BCUT2D eigenvalue weighted by Gasteiger charge is 2.16. The number of fused-ring (bicyclic) bond motifs is 3. The van der Waals surface area contributed by atoms with Gasteiger partial charge in [-0.25, -0.2) is 9.97 Å². The van der Waals surface area contributed by atoms with Crippen LogP contribution < -0.4 is 0 Å². The molecule has 0 unspecified atom stereocenters. The van der Waals surface area contributed by atoms with Crippen LogP contribution in [0.15, 0.2) is 54.6 Å². The van der Waals surface area contributed by atoms with E-state index >= 15 is 0 Å². The molecule has 2 heterocycles. The van der Waals surface area contributed by atoms with E-state index in [1.807, 2.05) is 55.5 Å². The molecule has 0 fully saturated rings. The van der Waals surface area contributed by atoms with Crippen molar-refractivity contribution in [1.29, 1.82) is 0 Å². The minimum absolute atomic E-state index is 0.379. The van der Waals surface area contributed by atoms with Crippen molar-refractivity contribution in [3.05, 3.63) is 70.5 Å². The molecule has 0 aliphatic rings. The zero-order valence-electron chi connectivity index (χ0n) is 12.3. The predicted molar refractivity (Wildman–Crippen MR) is 97.2 cm³/mol. The van der Waals surface area contributed by atoms with Crippen molar-refractivity contribution >= 4 is 44.9 Å². The number of aromatic nitrogens is 2. The van der Waals surface area contributed by atoms with E-state index < -0.39 is 0 Å². The van der Waals surface area contributed by atoms with Gasteiger partial charge in [-0.1, -0.05) is 77.8 Å². The largest absolute Gasteiger partial charge is 0.244 e. The number of rotatable bonds is 1. The summed E-state index contributed by atoms with van der Waals surface area (Å²) in [5.41, 5.74) is 3.28. The molecule has 0 amide bonds. The van der Waals surface area contributed by atoms with E-state index in [0.717, 1.165) is 27.4 Å². The van der Waals surface area contributed by atoms with E-state index in [1.54, 1.807) is 0 Å². The number of aryl methyl sites for hydroxylation is 1. The average molecular weight is 339 g/mol. The van der Waals surface area contributed by atoms with Crippen molar-refractivity contribution in [1.82, 2.24) is 9.97 Å². The Hall–Kier alpha value is -2.16. The van der Waals surface area contributed by atoms with Crippen LogP contribution in [0, 0.1) is 6.92 Å². The molecule has 0 atom stereocenters. The van der Waals surface area contributed by atoms with Crippen LogP contribution in [0.4, 0.5) is 0 Å². The van der Waals surface area contributed by atoms with Crippen molar-refractivity contribution in [3.63, 3.8) is 0 Å². The fraction of sp³-hybridized carbons (Fsp3) is 0.0526. The van der Waals surface area contributed by atoms with Crippen molar-refractivity contribution in [2.75, 3.05) is 0 Å². The van der Waals surface area contributed by atoms with Gasteiger partial charge < -0.3 is 0 Å². The summed E-state index contributed by atoms with van der Waals surface area (Å²) in [6.07, 6.45) is 0. The Morgan fingerprint density at radius 3 is 2.17 bits per heavy atom. The monoisotopic (exact) mass is 338 g/mol. The van der Waals surface area contributed by atoms with Crippen LogP contribution in [0.5, 0.6) is 0 Å². The number of nitrogens with zero attached hydrogens (tertiary/aromatic N) is 2. The Kier molecular flexibility index (Phi) is 3.44. The zero-order valence-corrected chi connectivity index (χ0v) is 13.9. The van der Waals surface area contributed by atoms with Gasteiger partial charge in [0.25, 0.3) is 0 Å². The molecule has 4 aromatic rings. The minimum atomic E-state index is 0.379. The molecule has 0 aliphatic heterocycles. The van der Waals surface area contributed by atoms with Crippen molar-refractivity contribution in [3.8, 4) is 11.3 Å². The summed E-state index contributed by atoms with van der Waals surface area (Å²) in [6, 6.07) is 18.2. The van der Waals surface area contributed by atoms with Crippen molar-refractivity contribution in [2.45, 2.75) is 6.92 Å². The van der Waals surface area contributed by atoms with Gasteiger partial charge in [-0.15, -0.1) is 0 Å². The van der Waals surface area contributed by atoms with E-state index in [1.165, 1.54) is 0 Å². The Bertz CT molecular complexity index is 1040. The summed E-state index contributed by atoms with van der Waals surface area (Å²) in [4.78, 5) is 9.11. The SMILES string of the molecule is Cc1nc(Cl)c2nc(-c3ccccc3)c3ccccc3c2c1Cl. The molecule has 2 nitrogen and oxygen atoms in total. The molecule has 4 rings (SSSR count). The molecule has 23 heavy (non-hydrogen) atoms. The van der Waals surface area contributed by atoms with Crippen LogP contribution in [0.25, 0.3) is 32.9 Å². The van der Waals surface area contributed by atoms with Gasteiger partial charge in [-0.05, 0) is 12.3 Å². The first-order valence-electron chi connectivity index (χ1n) is 7.26. The van der Waals surface area contributed by atoms with Gasteiger partial charge in [0, 0.05) is 16.3 Å². The maximum absolute atomic E-state index is 6.51. The topological polar surface area (TPSA) is 25.8 Å². The third-order valence-electron chi connectivity index (χ3n) is 3.96. The first-order valence-corrected chi connectivity index (χ1v) is 8.02. The molecular weight excluding hydrogens is 327 g/mol. The van der Waals surface area contributed by atoms with Crippen LogP contribution in [0.2, 0.25) is 10.2 Å². The van der Waals surface area contributed by atoms with Crippen molar-refractivity contribution < 1.29 is 0 Å². The lowest BCUT2D eigenvalue weighted by atomic mass is 10.0. The Morgan fingerprint density at radius 2 is 1.43 bits per heavy atom. The summed E-state index contributed by atoms with van der Waals surface area (Å²) in [7, 11) is 0. The highest BCUT2D eigenvalue weighted by atomic mass is 35.5. The number of halogens is 2. The van der Waals surface area contributed by atoms with Gasteiger partial charge in [0.05, 0.1) is 16.4 Å². The summed E-state index contributed by atoms with van der Waals surface area (Å²) in [5, 5.41) is 3.93. The van der Waals surface area contributed by atoms with E-state index in [9.17, 15) is 0 Å². The van der Waals surface area contributed by atoms with Crippen LogP contribution >= 0.6 is 23.2 Å². The third kappa shape index (κ3) is 2.26. The fourth-order valence-corrected chi connectivity index (χ4v) is 3.38. The minimum Gasteiger partial charge on any atom is -0.244 e. The van der Waals surface area contributed by atoms with Crippen molar-refractivity contribution in [2.24, 2.45) is 0 Å². The molecule has 0 saturated carbocycles. The quantitative estimate of drug-likeness (QED) is 0.311. The van der Waals surface area contributed by atoms with Crippen LogP contribution in [-0.2, 0) is 0 Å². The molecule has 4 heteroatoms. The summed E-state index contributed by atoms with van der Waals surface area (Å²) < 4.78 is 0. The molecule has 0 aliphatic carbocycles. The summed E-state index contributed by atoms with van der Waals surface area (Å²) >= 11 is 12.9. The van der Waals surface area contributed by atoms with Gasteiger partial charge in [0.15, 0.2) is 5.15 Å². The second kappa shape index (κ2) is 5.48. The summed E-state index contributed by atoms with van der Waals surface area (Å²) in [6.45, 7) is 1.85. The average Bonchev–Trinajstić information content (AvgIpc) is 2.59. The lowest BCUT2D eigenvalue weighted by Gasteiger charge is -2.12. The van der Waals surface area contributed by atoms with Gasteiger partial charge in [-0.3, -0.25) is 0 Å². The molecule has 0 saturated heterocycles. The standard InChI is InChI=1S/C19H12Cl2N2/c1-11-16(20)15-13-9-5-6-10-14(13)17(12-7-3-2-4-8-12)23-18(15)19(21)22-11/h2-10H,1H3. The fourth-order valence-electron chi connectivity index (χ4n) is 2.88. The first-order chi connectivity index (χ1) is 11.2. The number of hydrogen-bond acceptors (Lipinski definition) is 2. The molecule has 112 valence electrons. The van der Waals surface area contributed by atoms with Gasteiger partial charge in [0.1, 0.15) is 5.52 Å². The molecular formula is C19H12Cl2N2. The number of pyridine rings is 2. The second-order valence-corrected chi connectivity index (χ2v) is 6.13. The van der Waals surface area contributed by atoms with E-state index in [-0.39, 0.29) is 0 Å². The smallest absolute Gasteiger partial charge is 0.155 e. The molecule has 0 N–H and O–H groups in total. The van der Waals surface area contributed by atoms with Gasteiger partial charge >= 0.3 is 0 Å². The van der Waals surface area contributed by atoms with Gasteiger partial charge in [-0.2, -0.15) is 0 Å². The Balaban J connectivity index is 2.25. The van der Waals surface area contributed by atoms with Crippen LogP contribution in [0.1, 0.15) is 5.69 Å². The van der Waals surface area contributed by atoms with Crippen LogP contribution in [-0.4, -0.2) is 9.97 Å². The normalized spacial score (nSPS) is 11.3. The Morgan fingerprint density at radius 1 is 0.783 bits per heavy atom. The van der Waals surface area contributed by atoms with E-state index in [2.05, 4.69) is 11.1 Å². The van der Waals surface area contributed by atoms with E-state index in [0.29, 0.717) is 21.4 Å². The van der Waals surface area contributed by atoms with Crippen LogP contribution in [0.3, 0.4) is 0 Å². The Labute approximate surface area is 143 Å². The first kappa shape index (κ1) is 14.4. The highest BCUT2D eigenvalue weighted by Crippen LogP contribution is 2.38. The molecule has 0 radical (unpaired) electrons. The summed E-state index contributed by atoms with van der Waals surface area (Å²) in [5.74, 6) is 0. The molecule has 0 spiro atoms. The number of benzene rings is 2. The molecule has 0 bridgehead atoms. The van der Waals surface area contributed by atoms with E-state index in [4.69, 9.17) is 28.2 Å². The number of hydrogen-bond donors (Lipinski definition) is 0. The zero-order chi connectivity index (χ0) is 16.0. The third-order valence-corrected chi connectivity index (χ3v) is 4.68. The predicted octanol–water partition coefficient (Wildman–Crippen LogP) is 6.07.